The van der Waals surface area contributed by atoms with Crippen LogP contribution in [-0.2, 0) is 0 Å². The standard InChI is InChI=1S/C46H26O3/c1-2-8-27(9-3-1)29-16-19-40-38(24-29)45-41(48-40)21-18-36-37-25-30(17-20-39(37)49-46(36)45)43-32-10-4-6-12-34(32)44(35-13-7-5-11-33(35)43)31-15-14-28-22-23-47-42(28)26-31/h1-26H. The molecule has 3 heteroatoms. The summed E-state index contributed by atoms with van der Waals surface area (Å²) in [7, 11) is 0. The van der Waals surface area contributed by atoms with Crippen LogP contribution < -0.4 is 0 Å². The molecule has 0 aliphatic carbocycles. The van der Waals surface area contributed by atoms with Gasteiger partial charge in [-0.3, -0.25) is 0 Å². The average molecular weight is 627 g/mol. The molecule has 0 N–H and O–H groups in total. The van der Waals surface area contributed by atoms with Crippen LogP contribution >= 0.6 is 0 Å². The van der Waals surface area contributed by atoms with Crippen LogP contribution in [-0.4, -0.2) is 0 Å². The molecule has 3 heterocycles. The molecule has 3 aromatic heterocycles. The van der Waals surface area contributed by atoms with Crippen molar-refractivity contribution >= 4 is 76.4 Å². The van der Waals surface area contributed by atoms with E-state index in [1.807, 2.05) is 12.1 Å². The van der Waals surface area contributed by atoms with E-state index in [4.69, 9.17) is 13.3 Å². The van der Waals surface area contributed by atoms with Crippen LogP contribution in [0.15, 0.2) is 171 Å². The lowest BCUT2D eigenvalue weighted by Gasteiger charge is -2.17. The van der Waals surface area contributed by atoms with Gasteiger partial charge in [0.1, 0.15) is 27.9 Å². The average Bonchev–Trinajstić information content (AvgIpc) is 3.88. The first kappa shape index (κ1) is 26.5. The Bertz CT molecular complexity index is 3040. The van der Waals surface area contributed by atoms with Gasteiger partial charge in [-0.25, -0.2) is 0 Å². The molecule has 0 saturated carbocycles. The Morgan fingerprint density at radius 3 is 1.65 bits per heavy atom. The molecule has 0 bridgehead atoms. The Kier molecular flexibility index (Phi) is 5.38. The van der Waals surface area contributed by atoms with Crippen LogP contribution in [0.5, 0.6) is 0 Å². The van der Waals surface area contributed by atoms with Crippen molar-refractivity contribution in [1.82, 2.24) is 0 Å². The summed E-state index contributed by atoms with van der Waals surface area (Å²) in [6.07, 6.45) is 1.76. The van der Waals surface area contributed by atoms with E-state index in [1.54, 1.807) is 6.26 Å². The Morgan fingerprint density at radius 1 is 0.327 bits per heavy atom. The molecule has 0 amide bonds. The van der Waals surface area contributed by atoms with Gasteiger partial charge >= 0.3 is 0 Å². The molecule has 8 aromatic carbocycles. The third-order valence-corrected chi connectivity index (χ3v) is 10.1. The first-order chi connectivity index (χ1) is 24.3. The minimum atomic E-state index is 0.826. The van der Waals surface area contributed by atoms with Crippen molar-refractivity contribution < 1.29 is 13.3 Å². The quantitative estimate of drug-likeness (QED) is 0.183. The number of hydrogen-bond donors (Lipinski definition) is 0. The maximum Gasteiger partial charge on any atom is 0.147 e. The van der Waals surface area contributed by atoms with Crippen molar-refractivity contribution in [2.24, 2.45) is 0 Å². The van der Waals surface area contributed by atoms with Crippen LogP contribution in [0.25, 0.3) is 110 Å². The largest absolute Gasteiger partial charge is 0.464 e. The smallest absolute Gasteiger partial charge is 0.147 e. The van der Waals surface area contributed by atoms with Crippen LogP contribution in [0, 0.1) is 0 Å². The predicted molar refractivity (Wildman–Crippen MR) is 202 cm³/mol. The van der Waals surface area contributed by atoms with E-state index >= 15 is 0 Å². The second kappa shape index (κ2) is 9.96. The molecule has 0 atom stereocenters. The van der Waals surface area contributed by atoms with Crippen molar-refractivity contribution in [2.45, 2.75) is 0 Å². The minimum absolute atomic E-state index is 0.826. The van der Waals surface area contributed by atoms with Crippen molar-refractivity contribution in [3.63, 3.8) is 0 Å². The van der Waals surface area contributed by atoms with E-state index in [1.165, 1.54) is 38.2 Å². The summed E-state index contributed by atoms with van der Waals surface area (Å²) in [5.74, 6) is 0. The molecule has 0 radical (unpaired) electrons. The summed E-state index contributed by atoms with van der Waals surface area (Å²) in [6.45, 7) is 0. The van der Waals surface area contributed by atoms with E-state index in [-0.39, 0.29) is 0 Å². The van der Waals surface area contributed by atoms with Crippen molar-refractivity contribution in [3.05, 3.63) is 158 Å². The Labute approximate surface area is 280 Å². The number of furan rings is 3. The summed E-state index contributed by atoms with van der Waals surface area (Å²) in [5, 5.41) is 10.2. The van der Waals surface area contributed by atoms with E-state index in [9.17, 15) is 0 Å². The van der Waals surface area contributed by atoms with Gasteiger partial charge in [-0.1, -0.05) is 103 Å². The van der Waals surface area contributed by atoms with Gasteiger partial charge in [0, 0.05) is 21.5 Å². The third-order valence-electron chi connectivity index (χ3n) is 10.1. The maximum atomic E-state index is 6.68. The van der Waals surface area contributed by atoms with E-state index in [0.29, 0.717) is 0 Å². The number of benzene rings is 8. The molecule has 0 aliphatic heterocycles. The van der Waals surface area contributed by atoms with Gasteiger partial charge in [0.05, 0.1) is 11.6 Å². The Morgan fingerprint density at radius 2 is 0.918 bits per heavy atom. The van der Waals surface area contributed by atoms with Gasteiger partial charge in [0.25, 0.3) is 0 Å². The zero-order valence-corrected chi connectivity index (χ0v) is 26.2. The lowest BCUT2D eigenvalue weighted by molar-refractivity contribution is 0.616. The Balaban J connectivity index is 1.16. The van der Waals surface area contributed by atoms with Gasteiger partial charge in [0.15, 0.2) is 0 Å². The summed E-state index contributed by atoms with van der Waals surface area (Å²) in [4.78, 5) is 0. The summed E-state index contributed by atoms with van der Waals surface area (Å²) < 4.78 is 18.8. The van der Waals surface area contributed by atoms with Crippen molar-refractivity contribution in [3.8, 4) is 33.4 Å². The second-order valence-corrected chi connectivity index (χ2v) is 12.8. The molecule has 11 rings (SSSR count). The zero-order valence-electron chi connectivity index (χ0n) is 26.2. The van der Waals surface area contributed by atoms with Gasteiger partial charge in [-0.2, -0.15) is 0 Å². The normalized spacial score (nSPS) is 12.1. The monoisotopic (exact) mass is 626 g/mol. The lowest BCUT2D eigenvalue weighted by atomic mass is 9.85. The molecule has 0 fully saturated rings. The number of rotatable bonds is 3. The van der Waals surface area contributed by atoms with Gasteiger partial charge in [-0.15, -0.1) is 0 Å². The van der Waals surface area contributed by atoms with Gasteiger partial charge in [-0.05, 0) is 103 Å². The zero-order chi connectivity index (χ0) is 32.1. The maximum absolute atomic E-state index is 6.68. The third kappa shape index (κ3) is 3.84. The molecule has 0 aliphatic rings. The molecule has 11 aromatic rings. The van der Waals surface area contributed by atoms with E-state index < -0.39 is 0 Å². The highest BCUT2D eigenvalue weighted by atomic mass is 16.3. The SMILES string of the molecule is c1ccc(-c2ccc3oc4ccc5c6cc(-c7c8ccccc8c(-c8ccc9ccoc9c8)c8ccccc78)ccc6oc5c4c3c2)cc1. The number of fused-ring (bicyclic) bond motifs is 10. The first-order valence-electron chi connectivity index (χ1n) is 16.6. The molecular weight excluding hydrogens is 601 g/mol. The number of hydrogen-bond acceptors (Lipinski definition) is 3. The molecular formula is C46H26O3. The summed E-state index contributed by atoms with van der Waals surface area (Å²) in [6, 6.07) is 53.7. The molecule has 49 heavy (non-hydrogen) atoms. The van der Waals surface area contributed by atoms with Crippen LogP contribution in [0.2, 0.25) is 0 Å². The summed E-state index contributed by atoms with van der Waals surface area (Å²) >= 11 is 0. The van der Waals surface area contributed by atoms with Crippen molar-refractivity contribution in [2.75, 3.05) is 0 Å². The summed E-state index contributed by atoms with van der Waals surface area (Å²) in [5.41, 5.74) is 11.3. The van der Waals surface area contributed by atoms with Gasteiger partial charge in [0.2, 0.25) is 0 Å². The highest BCUT2D eigenvalue weighted by molar-refractivity contribution is 6.25. The van der Waals surface area contributed by atoms with Crippen LogP contribution in [0.1, 0.15) is 0 Å². The fourth-order valence-corrected chi connectivity index (χ4v) is 7.92. The van der Waals surface area contributed by atoms with E-state index in [0.717, 1.165) is 71.5 Å². The Hall–Kier alpha value is -6.58. The highest BCUT2D eigenvalue weighted by Gasteiger charge is 2.20. The molecule has 0 saturated heterocycles. The molecule has 228 valence electrons. The molecule has 0 unspecified atom stereocenters. The lowest BCUT2D eigenvalue weighted by Crippen LogP contribution is -1.90. The molecule has 3 nitrogen and oxygen atoms in total. The second-order valence-electron chi connectivity index (χ2n) is 12.8. The minimum Gasteiger partial charge on any atom is -0.464 e. The van der Waals surface area contributed by atoms with E-state index in [2.05, 4.69) is 140 Å². The predicted octanol–water partition coefficient (Wildman–Crippen LogP) is 13.5. The van der Waals surface area contributed by atoms with Crippen LogP contribution in [0.4, 0.5) is 0 Å². The van der Waals surface area contributed by atoms with Gasteiger partial charge < -0.3 is 13.3 Å². The van der Waals surface area contributed by atoms with Crippen molar-refractivity contribution in [1.29, 1.82) is 0 Å². The van der Waals surface area contributed by atoms with Crippen LogP contribution in [0.3, 0.4) is 0 Å². The fourth-order valence-electron chi connectivity index (χ4n) is 7.92. The highest BCUT2D eigenvalue weighted by Crippen LogP contribution is 2.46. The topological polar surface area (TPSA) is 39.4 Å². The first-order valence-corrected chi connectivity index (χ1v) is 16.6. The molecule has 0 spiro atoms. The fraction of sp³-hybridized carbons (Fsp3) is 0.